The number of fused-ring (bicyclic) bond motifs is 2. The Labute approximate surface area is 210 Å². The maximum Gasteiger partial charge on any atom is 0.456 e. The Morgan fingerprint density at radius 2 is 1.75 bits per heavy atom. The highest BCUT2D eigenvalue weighted by Crippen LogP contribution is 2.41. The lowest BCUT2D eigenvalue weighted by atomic mass is 9.79. The van der Waals surface area contributed by atoms with Crippen LogP contribution >= 0.6 is 0 Å². The summed E-state index contributed by atoms with van der Waals surface area (Å²) >= 11 is 0. The number of alkyl halides is 3. The van der Waals surface area contributed by atoms with Gasteiger partial charge in [-0.2, -0.15) is 13.2 Å². The summed E-state index contributed by atoms with van der Waals surface area (Å²) < 4.78 is 52.3. The van der Waals surface area contributed by atoms with Crippen molar-refractivity contribution in [2.75, 3.05) is 20.2 Å². The number of amides is 1. The topological polar surface area (TPSA) is 72.8 Å². The zero-order chi connectivity index (χ0) is 26.5. The molecule has 0 bridgehead atoms. The maximum absolute atomic E-state index is 13.3. The molecule has 3 heterocycles. The number of Topliss-reactive ketones (excluding diaryl/α,β-unsaturated/α-hetero) is 1. The molecule has 7 nitrogen and oxygen atoms in total. The van der Waals surface area contributed by atoms with Gasteiger partial charge in [0, 0.05) is 37.9 Å². The monoisotopic (exact) mass is 509 g/mol. The Kier molecular flexibility index (Phi) is 6.61. The molecule has 0 radical (unpaired) electrons. The molecule has 1 aromatic heterocycles. The maximum atomic E-state index is 13.3. The van der Waals surface area contributed by atoms with Crippen LogP contribution in [0.2, 0.25) is 0 Å². The number of aromatic nitrogens is 1. The molecule has 0 saturated carbocycles. The predicted octanol–water partition coefficient (Wildman–Crippen LogP) is 4.79. The lowest BCUT2D eigenvalue weighted by Crippen LogP contribution is -2.63. The summed E-state index contributed by atoms with van der Waals surface area (Å²) in [5.41, 5.74) is -0.412. The van der Waals surface area contributed by atoms with Gasteiger partial charge in [0.1, 0.15) is 0 Å². The molecular weight excluding hydrogens is 475 g/mol. The van der Waals surface area contributed by atoms with Crippen LogP contribution in [-0.4, -0.2) is 59.2 Å². The number of rotatable bonds is 5. The summed E-state index contributed by atoms with van der Waals surface area (Å²) in [6.07, 6.45) is -3.99. The number of hydrogen-bond acceptors (Lipinski definition) is 5. The molecule has 1 spiro atoms. The Bertz CT molecular complexity index is 1170. The fraction of sp³-hybridized carbons (Fsp3) is 0.538. The van der Waals surface area contributed by atoms with Crippen LogP contribution in [0.5, 0.6) is 11.5 Å². The SMILES string of the molecule is COc1cc(C(=O)N2CCC3(CC2)NC(C)(C)Cn2c(C(=O)C(F)(F)F)ccc23)ccc1OC(C)C.[HH]. The number of methoxy groups -OCH3 is 1. The second-order valence-electron chi connectivity index (χ2n) is 10.4. The van der Waals surface area contributed by atoms with Crippen LogP contribution in [0.15, 0.2) is 30.3 Å². The van der Waals surface area contributed by atoms with Crippen LogP contribution in [0.3, 0.4) is 0 Å². The van der Waals surface area contributed by atoms with Gasteiger partial charge in [-0.3, -0.25) is 14.9 Å². The van der Waals surface area contributed by atoms with E-state index in [1.807, 2.05) is 27.7 Å². The van der Waals surface area contributed by atoms with Gasteiger partial charge in [-0.15, -0.1) is 0 Å². The number of hydrogen-bond donors (Lipinski definition) is 1. The fourth-order valence-corrected chi connectivity index (χ4v) is 5.35. The van der Waals surface area contributed by atoms with Gasteiger partial charge in [-0.05, 0) is 70.9 Å². The second-order valence-corrected chi connectivity index (χ2v) is 10.4. The van der Waals surface area contributed by atoms with Crippen molar-refractivity contribution >= 4 is 11.7 Å². The van der Waals surface area contributed by atoms with Crippen LogP contribution in [-0.2, 0) is 12.1 Å². The summed E-state index contributed by atoms with van der Waals surface area (Å²) in [6, 6.07) is 7.95. The normalized spacial score (nSPS) is 18.8. The number of likely N-dealkylation sites (tertiary alicyclic amines) is 1. The summed E-state index contributed by atoms with van der Waals surface area (Å²) in [5, 5.41) is 3.61. The van der Waals surface area contributed by atoms with E-state index in [2.05, 4.69) is 5.32 Å². The van der Waals surface area contributed by atoms with Crippen molar-refractivity contribution in [2.45, 2.75) is 70.4 Å². The molecule has 1 saturated heterocycles. The molecule has 36 heavy (non-hydrogen) atoms. The van der Waals surface area contributed by atoms with Crippen molar-refractivity contribution in [2.24, 2.45) is 0 Å². The van der Waals surface area contributed by atoms with Gasteiger partial charge in [0.25, 0.3) is 11.7 Å². The highest BCUT2D eigenvalue weighted by molar-refractivity contribution is 5.99. The number of nitrogens with zero attached hydrogens (tertiary/aromatic N) is 2. The number of carbonyl (C=O) groups excluding carboxylic acids is 2. The smallest absolute Gasteiger partial charge is 0.456 e. The lowest BCUT2D eigenvalue weighted by Gasteiger charge is -2.51. The van der Waals surface area contributed by atoms with E-state index in [1.165, 1.54) is 17.7 Å². The van der Waals surface area contributed by atoms with E-state index in [-0.39, 0.29) is 25.7 Å². The molecule has 2 aliphatic heterocycles. The number of benzene rings is 1. The van der Waals surface area contributed by atoms with Crippen molar-refractivity contribution in [3.8, 4) is 11.5 Å². The summed E-state index contributed by atoms with van der Waals surface area (Å²) in [6.45, 7) is 8.67. The molecule has 10 heteroatoms. The molecule has 0 atom stereocenters. The Morgan fingerprint density at radius 3 is 2.33 bits per heavy atom. The van der Waals surface area contributed by atoms with Gasteiger partial charge in [-0.25, -0.2) is 0 Å². The lowest BCUT2D eigenvalue weighted by molar-refractivity contribution is -0.0892. The van der Waals surface area contributed by atoms with Gasteiger partial charge in [-0.1, -0.05) is 0 Å². The van der Waals surface area contributed by atoms with Gasteiger partial charge < -0.3 is 18.9 Å². The number of halogens is 3. The zero-order valence-corrected chi connectivity index (χ0v) is 21.2. The van der Waals surface area contributed by atoms with Crippen LogP contribution in [0, 0.1) is 0 Å². The number of nitrogens with one attached hydrogen (secondary N) is 1. The molecule has 1 amide bonds. The van der Waals surface area contributed by atoms with Crippen molar-refractivity contribution in [1.82, 2.24) is 14.8 Å². The summed E-state index contributed by atoms with van der Waals surface area (Å²) in [7, 11) is 1.52. The molecule has 198 valence electrons. The standard InChI is InChI=1S/C26H32F3N3O4.H2/c1-16(2)36-19-8-6-17(14-20(19)35-5)23(34)31-12-10-25(11-13-31)21-9-7-18(22(33)26(27,28)29)32(21)15-24(3,4)30-25;/h6-9,14,16,30H,10-13,15H2,1-5H3;1H. The molecule has 2 aromatic rings. The second kappa shape index (κ2) is 9.14. The minimum Gasteiger partial charge on any atom is -0.493 e. The fourth-order valence-electron chi connectivity index (χ4n) is 5.35. The minimum absolute atomic E-state index is 0. The third-order valence-electron chi connectivity index (χ3n) is 6.77. The quantitative estimate of drug-likeness (QED) is 0.587. The van der Waals surface area contributed by atoms with Gasteiger partial charge in [0.15, 0.2) is 11.5 Å². The summed E-state index contributed by atoms with van der Waals surface area (Å²) in [4.78, 5) is 27.1. The Morgan fingerprint density at radius 1 is 1.08 bits per heavy atom. The molecule has 1 N–H and O–H groups in total. The number of ether oxygens (including phenoxy) is 2. The molecule has 4 rings (SSSR count). The van der Waals surface area contributed by atoms with Gasteiger partial charge in [0.05, 0.1) is 24.4 Å². The van der Waals surface area contributed by atoms with Gasteiger partial charge >= 0.3 is 6.18 Å². The van der Waals surface area contributed by atoms with Crippen molar-refractivity contribution in [3.63, 3.8) is 0 Å². The van der Waals surface area contributed by atoms with Crippen molar-refractivity contribution in [1.29, 1.82) is 0 Å². The number of ketones is 1. The number of piperidine rings is 1. The molecule has 1 aromatic carbocycles. The Balaban J connectivity index is 0.00000380. The number of carbonyl (C=O) groups is 2. The van der Waals surface area contributed by atoms with Crippen molar-refractivity contribution < 1.29 is 33.7 Å². The highest BCUT2D eigenvalue weighted by Gasteiger charge is 2.49. The van der Waals surface area contributed by atoms with Crippen LogP contribution in [0.4, 0.5) is 13.2 Å². The van der Waals surface area contributed by atoms with E-state index < -0.39 is 23.0 Å². The third kappa shape index (κ3) is 4.83. The first kappa shape index (κ1) is 26.1. The van der Waals surface area contributed by atoms with Crippen LogP contribution in [0.1, 0.15) is 68.5 Å². The molecular formula is C26H34F3N3O4. The van der Waals surface area contributed by atoms with Crippen LogP contribution < -0.4 is 14.8 Å². The largest absolute Gasteiger partial charge is 0.493 e. The zero-order valence-electron chi connectivity index (χ0n) is 21.2. The molecule has 2 aliphatic rings. The molecule has 0 aliphatic carbocycles. The average Bonchev–Trinajstić information content (AvgIpc) is 3.21. The van der Waals surface area contributed by atoms with E-state index in [9.17, 15) is 22.8 Å². The van der Waals surface area contributed by atoms with E-state index in [1.54, 1.807) is 29.2 Å². The third-order valence-corrected chi connectivity index (χ3v) is 6.77. The Hall–Kier alpha value is -3.01. The first-order valence-corrected chi connectivity index (χ1v) is 12.0. The van der Waals surface area contributed by atoms with Crippen molar-refractivity contribution in [3.05, 3.63) is 47.3 Å². The van der Waals surface area contributed by atoms with Crippen LogP contribution in [0.25, 0.3) is 0 Å². The average molecular weight is 510 g/mol. The highest BCUT2D eigenvalue weighted by atomic mass is 19.4. The van der Waals surface area contributed by atoms with E-state index in [0.29, 0.717) is 48.7 Å². The first-order chi connectivity index (χ1) is 16.8. The molecule has 0 unspecified atom stereocenters. The predicted molar refractivity (Wildman–Crippen MR) is 130 cm³/mol. The summed E-state index contributed by atoms with van der Waals surface area (Å²) in [5.74, 6) is -0.968. The van der Waals surface area contributed by atoms with E-state index >= 15 is 0 Å². The van der Waals surface area contributed by atoms with E-state index in [4.69, 9.17) is 9.47 Å². The molecule has 1 fully saturated rings. The minimum atomic E-state index is -4.94. The first-order valence-electron chi connectivity index (χ1n) is 12.0. The van der Waals surface area contributed by atoms with Gasteiger partial charge in [0.2, 0.25) is 0 Å². The van der Waals surface area contributed by atoms with E-state index in [0.717, 1.165) is 0 Å².